The highest BCUT2D eigenvalue weighted by atomic mass is 19.4. The van der Waals surface area contributed by atoms with Gasteiger partial charge in [0, 0.05) is 6.54 Å². The van der Waals surface area contributed by atoms with E-state index in [2.05, 4.69) is 20.8 Å². The zero-order valence-corrected chi connectivity index (χ0v) is 12.6. The van der Waals surface area contributed by atoms with Gasteiger partial charge in [-0.05, 0) is 26.0 Å². The van der Waals surface area contributed by atoms with Crippen LogP contribution >= 0.6 is 0 Å². The first-order chi connectivity index (χ1) is 10.8. The molecule has 124 valence electrons. The summed E-state index contributed by atoms with van der Waals surface area (Å²) in [5.74, 6) is 0.520. The molecule has 0 aliphatic rings. The Balaban J connectivity index is 2.09. The third-order valence-corrected chi connectivity index (χ3v) is 3.20. The highest BCUT2D eigenvalue weighted by Gasteiger charge is 2.33. The van der Waals surface area contributed by atoms with Gasteiger partial charge in [0.05, 0.1) is 17.3 Å². The van der Waals surface area contributed by atoms with E-state index in [1.807, 2.05) is 6.92 Å². The number of carbonyl (C=O) groups excluding carboxylic acids is 1. The van der Waals surface area contributed by atoms with Gasteiger partial charge in [-0.15, -0.1) is 10.2 Å². The van der Waals surface area contributed by atoms with E-state index >= 15 is 0 Å². The molecule has 1 atom stereocenters. The van der Waals surface area contributed by atoms with Crippen LogP contribution in [0.25, 0.3) is 0 Å². The van der Waals surface area contributed by atoms with Crippen LogP contribution < -0.4 is 10.6 Å². The number of anilines is 1. The minimum absolute atomic E-state index is 0.304. The van der Waals surface area contributed by atoms with Gasteiger partial charge in [-0.25, -0.2) is 4.79 Å². The van der Waals surface area contributed by atoms with Crippen LogP contribution in [0, 0.1) is 0 Å². The summed E-state index contributed by atoms with van der Waals surface area (Å²) in [4.78, 5) is 11.9. The Hall–Kier alpha value is -2.58. The molecule has 0 aliphatic carbocycles. The van der Waals surface area contributed by atoms with Gasteiger partial charge in [0.25, 0.3) is 0 Å². The Bertz CT molecular complexity index is 683. The summed E-state index contributed by atoms with van der Waals surface area (Å²) in [6.07, 6.45) is -3.03. The van der Waals surface area contributed by atoms with Crippen molar-refractivity contribution in [3.05, 3.63) is 42.0 Å². The molecule has 2 rings (SSSR count). The number of nitrogens with zero attached hydrogens (tertiary/aromatic N) is 3. The number of urea groups is 1. The van der Waals surface area contributed by atoms with Gasteiger partial charge in [-0.1, -0.05) is 12.1 Å². The fraction of sp³-hybridized carbons (Fsp3) is 0.357. The second-order valence-electron chi connectivity index (χ2n) is 4.84. The predicted molar refractivity (Wildman–Crippen MR) is 77.7 cm³/mol. The number of aromatic nitrogens is 3. The third kappa shape index (κ3) is 3.99. The number of aryl methyl sites for hydroxylation is 1. The van der Waals surface area contributed by atoms with Crippen LogP contribution in [0.15, 0.2) is 30.6 Å². The molecule has 9 heteroatoms. The van der Waals surface area contributed by atoms with Crippen molar-refractivity contribution in [1.82, 2.24) is 20.1 Å². The van der Waals surface area contributed by atoms with E-state index in [1.54, 1.807) is 11.5 Å². The summed E-state index contributed by atoms with van der Waals surface area (Å²) in [6.45, 7) is 4.18. The molecule has 0 spiro atoms. The van der Waals surface area contributed by atoms with Gasteiger partial charge in [0.1, 0.15) is 6.33 Å². The molecule has 0 radical (unpaired) electrons. The van der Waals surface area contributed by atoms with Gasteiger partial charge in [0.2, 0.25) is 0 Å². The summed E-state index contributed by atoms with van der Waals surface area (Å²) in [5.41, 5.74) is -1.21. The lowest BCUT2D eigenvalue weighted by Gasteiger charge is -2.17. The quantitative estimate of drug-likeness (QED) is 0.906. The van der Waals surface area contributed by atoms with Gasteiger partial charge in [-0.3, -0.25) is 0 Å². The SMILES string of the molecule is CCn1cnnc1[C@H](C)NC(=O)Nc1ccccc1C(F)(F)F. The van der Waals surface area contributed by atoms with Crippen LogP contribution in [-0.4, -0.2) is 20.8 Å². The summed E-state index contributed by atoms with van der Waals surface area (Å²) in [7, 11) is 0. The molecule has 1 aromatic carbocycles. The van der Waals surface area contributed by atoms with E-state index in [9.17, 15) is 18.0 Å². The zero-order chi connectivity index (χ0) is 17.0. The van der Waals surface area contributed by atoms with Crippen molar-refractivity contribution in [2.45, 2.75) is 32.6 Å². The van der Waals surface area contributed by atoms with Crippen LogP contribution in [0.4, 0.5) is 23.7 Å². The van der Waals surface area contributed by atoms with Crippen LogP contribution in [0.3, 0.4) is 0 Å². The second kappa shape index (κ2) is 6.67. The van der Waals surface area contributed by atoms with E-state index in [1.165, 1.54) is 24.5 Å². The van der Waals surface area contributed by atoms with E-state index in [0.717, 1.165) is 6.07 Å². The number of carbonyl (C=O) groups is 1. The van der Waals surface area contributed by atoms with Gasteiger partial charge >= 0.3 is 12.2 Å². The maximum absolute atomic E-state index is 12.9. The smallest absolute Gasteiger partial charge is 0.328 e. The molecule has 2 N–H and O–H groups in total. The standard InChI is InChI=1S/C14H16F3N5O/c1-3-22-8-18-21-12(22)9(2)19-13(23)20-11-7-5-4-6-10(11)14(15,16)17/h4-9H,3H2,1-2H3,(H2,19,20,23)/t9-/m0/s1. The zero-order valence-electron chi connectivity index (χ0n) is 12.6. The summed E-state index contributed by atoms with van der Waals surface area (Å²) < 4.78 is 40.4. The van der Waals surface area contributed by atoms with Crippen molar-refractivity contribution < 1.29 is 18.0 Å². The molecule has 0 fully saturated rings. The number of nitrogens with one attached hydrogen (secondary N) is 2. The fourth-order valence-electron chi connectivity index (χ4n) is 2.10. The minimum atomic E-state index is -4.54. The molecular formula is C14H16F3N5O. The molecule has 0 saturated carbocycles. The van der Waals surface area contributed by atoms with Crippen molar-refractivity contribution >= 4 is 11.7 Å². The molecule has 2 amide bonds. The topological polar surface area (TPSA) is 71.8 Å². The molecule has 0 bridgehead atoms. The van der Waals surface area contributed by atoms with Crippen molar-refractivity contribution in [2.24, 2.45) is 0 Å². The average Bonchev–Trinajstić information content (AvgIpc) is 2.95. The first kappa shape index (κ1) is 16.8. The van der Waals surface area contributed by atoms with Gasteiger partial charge < -0.3 is 15.2 Å². The number of hydrogen-bond acceptors (Lipinski definition) is 3. The Morgan fingerprint density at radius 2 is 2.04 bits per heavy atom. The molecule has 0 saturated heterocycles. The van der Waals surface area contributed by atoms with Crippen molar-refractivity contribution in [1.29, 1.82) is 0 Å². The fourth-order valence-corrected chi connectivity index (χ4v) is 2.10. The number of halogens is 3. The summed E-state index contributed by atoms with van der Waals surface area (Å²) in [5, 5.41) is 12.4. The molecule has 2 aromatic rings. The number of hydrogen-bond donors (Lipinski definition) is 2. The number of rotatable bonds is 4. The molecule has 0 unspecified atom stereocenters. The van der Waals surface area contributed by atoms with Gasteiger partial charge in [-0.2, -0.15) is 13.2 Å². The number of alkyl halides is 3. The van der Waals surface area contributed by atoms with Crippen LogP contribution in [-0.2, 0) is 12.7 Å². The Kier molecular flexibility index (Phi) is 4.87. The molecule has 1 aromatic heterocycles. The molecular weight excluding hydrogens is 311 g/mol. The highest BCUT2D eigenvalue weighted by Crippen LogP contribution is 2.34. The highest BCUT2D eigenvalue weighted by molar-refractivity contribution is 5.90. The number of para-hydroxylation sites is 1. The van der Waals surface area contributed by atoms with Crippen molar-refractivity contribution in [3.8, 4) is 0 Å². The first-order valence-electron chi connectivity index (χ1n) is 6.94. The van der Waals surface area contributed by atoms with E-state index in [-0.39, 0.29) is 5.69 Å². The third-order valence-electron chi connectivity index (χ3n) is 3.20. The second-order valence-corrected chi connectivity index (χ2v) is 4.84. The number of amides is 2. The largest absolute Gasteiger partial charge is 0.418 e. The molecule has 23 heavy (non-hydrogen) atoms. The van der Waals surface area contributed by atoms with E-state index in [0.29, 0.717) is 12.4 Å². The minimum Gasteiger partial charge on any atom is -0.328 e. The molecule has 6 nitrogen and oxygen atoms in total. The van der Waals surface area contributed by atoms with Crippen LogP contribution in [0.5, 0.6) is 0 Å². The Morgan fingerprint density at radius 3 is 2.70 bits per heavy atom. The van der Waals surface area contributed by atoms with Gasteiger partial charge in [0.15, 0.2) is 5.82 Å². The number of benzene rings is 1. The lowest BCUT2D eigenvalue weighted by atomic mass is 10.1. The lowest BCUT2D eigenvalue weighted by molar-refractivity contribution is -0.136. The van der Waals surface area contributed by atoms with Crippen LogP contribution in [0.2, 0.25) is 0 Å². The monoisotopic (exact) mass is 327 g/mol. The first-order valence-corrected chi connectivity index (χ1v) is 6.94. The molecule has 1 heterocycles. The summed E-state index contributed by atoms with van der Waals surface area (Å²) in [6, 6.07) is 3.53. The van der Waals surface area contributed by atoms with E-state index < -0.39 is 23.8 Å². The maximum Gasteiger partial charge on any atom is 0.418 e. The van der Waals surface area contributed by atoms with Crippen LogP contribution in [0.1, 0.15) is 31.3 Å². The predicted octanol–water partition coefficient (Wildman–Crippen LogP) is 3.20. The van der Waals surface area contributed by atoms with Crippen molar-refractivity contribution in [2.75, 3.05) is 5.32 Å². The maximum atomic E-state index is 12.9. The van der Waals surface area contributed by atoms with Crippen molar-refractivity contribution in [3.63, 3.8) is 0 Å². The average molecular weight is 327 g/mol. The molecule has 0 aliphatic heterocycles. The summed E-state index contributed by atoms with van der Waals surface area (Å²) >= 11 is 0. The Morgan fingerprint density at radius 1 is 1.35 bits per heavy atom. The lowest BCUT2D eigenvalue weighted by Crippen LogP contribution is -2.33. The Labute approximate surface area is 130 Å². The normalized spacial score (nSPS) is 12.7. The van der Waals surface area contributed by atoms with E-state index in [4.69, 9.17) is 0 Å².